The summed E-state index contributed by atoms with van der Waals surface area (Å²) in [5, 5.41) is 9.16. The molecule has 0 bridgehead atoms. The lowest BCUT2D eigenvalue weighted by molar-refractivity contribution is -0.147. The normalized spacial score (nSPS) is 22.6. The van der Waals surface area contributed by atoms with E-state index in [1.807, 2.05) is 0 Å². The van der Waals surface area contributed by atoms with Crippen LogP contribution >= 0.6 is 0 Å². The van der Waals surface area contributed by atoms with Crippen LogP contribution in [0.15, 0.2) is 29.2 Å². The molecule has 9 heteroatoms. The minimum absolute atomic E-state index is 0.0361. The first-order valence-electron chi connectivity index (χ1n) is 9.06. The summed E-state index contributed by atoms with van der Waals surface area (Å²) < 4.78 is 39.6. The van der Waals surface area contributed by atoms with Gasteiger partial charge >= 0.3 is 5.97 Å². The Kier molecular flexibility index (Phi) is 5.81. The maximum absolute atomic E-state index is 13.0. The molecule has 2 fully saturated rings. The van der Waals surface area contributed by atoms with Crippen molar-refractivity contribution in [3.63, 3.8) is 0 Å². The Morgan fingerprint density at radius 2 is 1.63 bits per heavy atom. The Bertz CT molecular complexity index is 804. The Morgan fingerprint density at radius 1 is 1.00 bits per heavy atom. The van der Waals surface area contributed by atoms with Gasteiger partial charge in [-0.15, -0.1) is 0 Å². The van der Waals surface area contributed by atoms with Gasteiger partial charge in [-0.25, -0.2) is 12.8 Å². The minimum atomic E-state index is -3.71. The van der Waals surface area contributed by atoms with Gasteiger partial charge in [0.25, 0.3) is 0 Å². The molecule has 27 heavy (non-hydrogen) atoms. The van der Waals surface area contributed by atoms with Crippen LogP contribution in [0.4, 0.5) is 4.39 Å². The highest BCUT2D eigenvalue weighted by molar-refractivity contribution is 7.89. The zero-order valence-electron chi connectivity index (χ0n) is 14.9. The summed E-state index contributed by atoms with van der Waals surface area (Å²) in [6.07, 6.45) is 2.04. The van der Waals surface area contributed by atoms with Crippen molar-refractivity contribution < 1.29 is 27.5 Å². The second-order valence-electron chi connectivity index (χ2n) is 7.09. The molecular formula is C18H23FN2O5S. The predicted octanol–water partition coefficient (Wildman–Crippen LogP) is 1.55. The lowest BCUT2D eigenvalue weighted by atomic mass is 9.93. The van der Waals surface area contributed by atoms with Gasteiger partial charge in [0.1, 0.15) is 5.82 Å². The lowest BCUT2D eigenvalue weighted by Gasteiger charge is -2.36. The number of hydrogen-bond acceptors (Lipinski definition) is 4. The van der Waals surface area contributed by atoms with Crippen LogP contribution in [-0.4, -0.2) is 60.8 Å². The monoisotopic (exact) mass is 398 g/mol. The topological polar surface area (TPSA) is 95.0 Å². The van der Waals surface area contributed by atoms with Crippen molar-refractivity contribution in [1.82, 2.24) is 9.21 Å². The molecule has 1 unspecified atom stereocenters. The number of carboxylic acid groups (broad SMARTS) is 1. The van der Waals surface area contributed by atoms with Crippen LogP contribution in [0.2, 0.25) is 0 Å². The summed E-state index contributed by atoms with van der Waals surface area (Å²) in [5.74, 6) is -2.29. The Balaban J connectivity index is 1.60. The Hall–Kier alpha value is -2.00. The van der Waals surface area contributed by atoms with Crippen molar-refractivity contribution in [2.24, 2.45) is 11.8 Å². The molecule has 3 rings (SSSR count). The molecular weight excluding hydrogens is 375 g/mol. The molecule has 1 aromatic rings. The maximum atomic E-state index is 13.0. The number of sulfonamides is 1. The Morgan fingerprint density at radius 3 is 2.22 bits per heavy atom. The molecule has 0 radical (unpaired) electrons. The zero-order valence-corrected chi connectivity index (χ0v) is 15.7. The van der Waals surface area contributed by atoms with Crippen molar-refractivity contribution >= 4 is 21.9 Å². The van der Waals surface area contributed by atoms with E-state index in [4.69, 9.17) is 5.11 Å². The van der Waals surface area contributed by atoms with Gasteiger partial charge in [-0.05, 0) is 49.9 Å². The van der Waals surface area contributed by atoms with E-state index in [1.54, 1.807) is 4.90 Å². The number of piperidine rings is 2. The van der Waals surface area contributed by atoms with E-state index in [1.165, 1.54) is 16.4 Å². The average molecular weight is 398 g/mol. The molecule has 7 nitrogen and oxygen atoms in total. The maximum Gasteiger partial charge on any atom is 0.308 e. The largest absolute Gasteiger partial charge is 0.481 e. The quantitative estimate of drug-likeness (QED) is 0.830. The highest BCUT2D eigenvalue weighted by atomic mass is 32.2. The third-order valence-electron chi connectivity index (χ3n) is 5.34. The van der Waals surface area contributed by atoms with E-state index in [9.17, 15) is 22.4 Å². The van der Waals surface area contributed by atoms with E-state index >= 15 is 0 Å². The minimum Gasteiger partial charge on any atom is -0.481 e. The molecule has 2 heterocycles. The number of carbonyl (C=O) groups excluding carboxylic acids is 1. The van der Waals surface area contributed by atoms with Crippen LogP contribution in [-0.2, 0) is 19.6 Å². The first-order valence-corrected chi connectivity index (χ1v) is 10.5. The number of hydrogen-bond donors (Lipinski definition) is 1. The van der Waals surface area contributed by atoms with Crippen molar-refractivity contribution in [3.8, 4) is 0 Å². The zero-order chi connectivity index (χ0) is 19.6. The number of halogens is 1. The highest BCUT2D eigenvalue weighted by Crippen LogP contribution is 2.27. The van der Waals surface area contributed by atoms with Crippen LogP contribution < -0.4 is 0 Å². The fourth-order valence-electron chi connectivity index (χ4n) is 3.74. The van der Waals surface area contributed by atoms with E-state index in [0.717, 1.165) is 12.1 Å². The standard InChI is InChI=1S/C18H23FN2O5S/c19-15-3-5-16(6-4-15)27(25,26)21-10-7-13(8-11-21)17(22)20-9-1-2-14(12-20)18(23)24/h3-6,13-14H,1-2,7-12H2,(H,23,24). The van der Waals surface area contributed by atoms with E-state index < -0.39 is 27.7 Å². The average Bonchev–Trinajstić information content (AvgIpc) is 2.68. The summed E-state index contributed by atoms with van der Waals surface area (Å²) in [4.78, 5) is 25.5. The van der Waals surface area contributed by atoms with Gasteiger partial charge in [-0.3, -0.25) is 9.59 Å². The summed E-state index contributed by atoms with van der Waals surface area (Å²) >= 11 is 0. The summed E-state index contributed by atoms with van der Waals surface area (Å²) in [7, 11) is -3.71. The van der Waals surface area contributed by atoms with Gasteiger partial charge in [0.2, 0.25) is 15.9 Å². The SMILES string of the molecule is O=C(O)C1CCCN(C(=O)C2CCN(S(=O)(=O)c3ccc(F)cc3)CC2)C1. The molecule has 0 spiro atoms. The first-order chi connectivity index (χ1) is 12.8. The molecule has 0 aromatic heterocycles. The van der Waals surface area contributed by atoms with E-state index in [-0.39, 0.29) is 36.4 Å². The third-order valence-corrected chi connectivity index (χ3v) is 7.25. The smallest absolute Gasteiger partial charge is 0.308 e. The van der Waals surface area contributed by atoms with Crippen LogP contribution in [0.5, 0.6) is 0 Å². The molecule has 1 amide bonds. The molecule has 1 N–H and O–H groups in total. The second kappa shape index (κ2) is 7.93. The molecule has 1 atom stereocenters. The fourth-order valence-corrected chi connectivity index (χ4v) is 5.21. The third kappa shape index (κ3) is 4.30. The van der Waals surface area contributed by atoms with Crippen LogP contribution in [0.1, 0.15) is 25.7 Å². The molecule has 0 saturated carbocycles. The molecule has 2 saturated heterocycles. The molecule has 2 aliphatic heterocycles. The number of aliphatic carboxylic acids is 1. The van der Waals surface area contributed by atoms with Gasteiger partial charge in [0.15, 0.2) is 0 Å². The van der Waals surface area contributed by atoms with Gasteiger partial charge < -0.3 is 10.0 Å². The van der Waals surface area contributed by atoms with Crippen molar-refractivity contribution in [2.75, 3.05) is 26.2 Å². The second-order valence-corrected chi connectivity index (χ2v) is 9.03. The number of nitrogens with zero attached hydrogens (tertiary/aromatic N) is 2. The summed E-state index contributed by atoms with van der Waals surface area (Å²) in [6.45, 7) is 1.21. The van der Waals surface area contributed by atoms with Crippen LogP contribution in [0.25, 0.3) is 0 Å². The van der Waals surface area contributed by atoms with Gasteiger partial charge in [0, 0.05) is 32.1 Å². The number of benzene rings is 1. The summed E-state index contributed by atoms with van der Waals surface area (Å²) in [6, 6.07) is 4.69. The molecule has 0 aliphatic carbocycles. The van der Waals surface area contributed by atoms with Crippen molar-refractivity contribution in [1.29, 1.82) is 0 Å². The molecule has 148 valence electrons. The Labute approximate surface area is 157 Å². The van der Waals surface area contributed by atoms with Crippen LogP contribution in [0, 0.1) is 17.7 Å². The number of carbonyl (C=O) groups is 2. The predicted molar refractivity (Wildman–Crippen MR) is 94.8 cm³/mol. The number of carboxylic acids is 1. The van der Waals surface area contributed by atoms with Crippen molar-refractivity contribution in [2.45, 2.75) is 30.6 Å². The highest BCUT2D eigenvalue weighted by Gasteiger charge is 2.36. The summed E-state index contributed by atoms with van der Waals surface area (Å²) in [5.41, 5.74) is 0. The van der Waals surface area contributed by atoms with Crippen LogP contribution in [0.3, 0.4) is 0 Å². The van der Waals surface area contributed by atoms with Gasteiger partial charge in [-0.1, -0.05) is 0 Å². The lowest BCUT2D eigenvalue weighted by Crippen LogP contribution is -2.48. The fraction of sp³-hybridized carbons (Fsp3) is 0.556. The number of amides is 1. The van der Waals surface area contributed by atoms with E-state index in [0.29, 0.717) is 32.2 Å². The molecule has 1 aromatic carbocycles. The number of likely N-dealkylation sites (tertiary alicyclic amines) is 1. The van der Waals surface area contributed by atoms with Crippen molar-refractivity contribution in [3.05, 3.63) is 30.1 Å². The van der Waals surface area contributed by atoms with Gasteiger partial charge in [0.05, 0.1) is 10.8 Å². The molecule has 2 aliphatic rings. The number of rotatable bonds is 4. The van der Waals surface area contributed by atoms with Gasteiger partial charge in [-0.2, -0.15) is 4.31 Å². The first kappa shape index (κ1) is 19.8. The van der Waals surface area contributed by atoms with E-state index in [2.05, 4.69) is 0 Å².